The van der Waals surface area contributed by atoms with Gasteiger partial charge in [-0.1, -0.05) is 18.2 Å². The van der Waals surface area contributed by atoms with Crippen LogP contribution in [0.25, 0.3) is 5.57 Å². The Bertz CT molecular complexity index is 454. The van der Waals surface area contributed by atoms with Gasteiger partial charge in [0.1, 0.15) is 5.75 Å². The number of para-hydroxylation sites is 1. The molecule has 0 bridgehead atoms. The lowest BCUT2D eigenvalue weighted by molar-refractivity contribution is -0.126. The second-order valence-corrected chi connectivity index (χ2v) is 4.17. The maximum Gasteiger partial charge on any atom is 0.246 e. The molecule has 0 unspecified atom stereocenters. The number of carbonyl (C=O) groups is 1. The van der Waals surface area contributed by atoms with Crippen LogP contribution < -0.4 is 4.74 Å². The van der Waals surface area contributed by atoms with E-state index in [2.05, 4.69) is 0 Å². The van der Waals surface area contributed by atoms with E-state index in [4.69, 9.17) is 9.84 Å². The van der Waals surface area contributed by atoms with E-state index in [1.54, 1.807) is 18.1 Å². The summed E-state index contributed by atoms with van der Waals surface area (Å²) in [6.07, 6.45) is 1.58. The molecule has 4 nitrogen and oxygen atoms in total. The number of nitrogens with zero attached hydrogens (tertiary/aromatic N) is 1. The first-order chi connectivity index (χ1) is 9.13. The lowest BCUT2D eigenvalue weighted by atomic mass is 10.1. The van der Waals surface area contributed by atoms with Crippen molar-refractivity contribution < 1.29 is 14.6 Å². The van der Waals surface area contributed by atoms with Gasteiger partial charge >= 0.3 is 0 Å². The van der Waals surface area contributed by atoms with Crippen molar-refractivity contribution in [1.29, 1.82) is 0 Å². The summed E-state index contributed by atoms with van der Waals surface area (Å²) in [5, 5.41) is 8.92. The zero-order valence-electron chi connectivity index (χ0n) is 11.7. The van der Waals surface area contributed by atoms with E-state index < -0.39 is 0 Å². The molecule has 0 fully saturated rings. The van der Waals surface area contributed by atoms with Gasteiger partial charge in [0.15, 0.2) is 0 Å². The molecule has 0 saturated heterocycles. The largest absolute Gasteiger partial charge is 0.496 e. The van der Waals surface area contributed by atoms with Crippen molar-refractivity contribution in [2.45, 2.75) is 13.8 Å². The number of ether oxygens (including phenoxy) is 1. The molecule has 1 amide bonds. The first-order valence-electron chi connectivity index (χ1n) is 6.35. The number of likely N-dealkylation sites (N-methyl/N-ethyl adjacent to an activating group) is 1. The molecular formula is C15H21NO3. The van der Waals surface area contributed by atoms with Crippen LogP contribution in [0.3, 0.4) is 0 Å². The number of hydrogen-bond acceptors (Lipinski definition) is 3. The monoisotopic (exact) mass is 263 g/mol. The van der Waals surface area contributed by atoms with Crippen molar-refractivity contribution in [3.05, 3.63) is 35.9 Å². The molecule has 19 heavy (non-hydrogen) atoms. The predicted octanol–water partition coefficient (Wildman–Crippen LogP) is 1.94. The molecule has 0 atom stereocenters. The fraction of sp³-hybridized carbons (Fsp3) is 0.400. The normalized spacial score (nSPS) is 11.3. The van der Waals surface area contributed by atoms with Crippen LogP contribution in [-0.4, -0.2) is 42.7 Å². The Labute approximate surface area is 114 Å². The first-order valence-corrected chi connectivity index (χ1v) is 6.35. The maximum absolute atomic E-state index is 12.0. The highest BCUT2D eigenvalue weighted by Gasteiger charge is 2.10. The number of allylic oxidation sites excluding steroid dienone is 1. The van der Waals surface area contributed by atoms with Gasteiger partial charge in [-0.25, -0.2) is 0 Å². The number of carbonyl (C=O) groups excluding carboxylic acids is 1. The van der Waals surface area contributed by atoms with E-state index >= 15 is 0 Å². The molecule has 1 N–H and O–H groups in total. The van der Waals surface area contributed by atoms with Gasteiger partial charge in [0.05, 0.1) is 13.7 Å². The molecule has 1 aromatic rings. The van der Waals surface area contributed by atoms with Gasteiger partial charge in [-0.2, -0.15) is 0 Å². The summed E-state index contributed by atoms with van der Waals surface area (Å²) in [6.45, 7) is 4.67. The van der Waals surface area contributed by atoms with Gasteiger partial charge in [-0.3, -0.25) is 4.79 Å². The number of benzene rings is 1. The van der Waals surface area contributed by atoms with Crippen LogP contribution in [0.2, 0.25) is 0 Å². The number of rotatable bonds is 6. The van der Waals surface area contributed by atoms with Crippen LogP contribution >= 0.6 is 0 Å². The molecule has 0 saturated carbocycles. The van der Waals surface area contributed by atoms with Crippen molar-refractivity contribution in [1.82, 2.24) is 4.90 Å². The van der Waals surface area contributed by atoms with Gasteiger partial charge in [0.2, 0.25) is 5.91 Å². The molecule has 0 radical (unpaired) electrons. The number of methoxy groups -OCH3 is 1. The van der Waals surface area contributed by atoms with E-state index in [-0.39, 0.29) is 12.5 Å². The molecule has 0 aliphatic rings. The minimum Gasteiger partial charge on any atom is -0.496 e. The Hall–Kier alpha value is -1.81. The standard InChI is InChI=1S/C15H21NO3/c1-4-16(9-10-17)15(18)11-12(2)13-7-5-6-8-14(13)19-3/h5-8,11,17H,4,9-10H2,1-3H3/b12-11-. The van der Waals surface area contributed by atoms with E-state index in [0.29, 0.717) is 13.1 Å². The molecule has 4 heteroatoms. The Kier molecular flexibility index (Phi) is 6.09. The fourth-order valence-electron chi connectivity index (χ4n) is 1.87. The molecule has 0 heterocycles. The SMILES string of the molecule is CCN(CCO)C(=O)/C=C(/C)c1ccccc1OC. The second kappa shape index (κ2) is 7.59. The van der Waals surface area contributed by atoms with Gasteiger partial charge in [0, 0.05) is 24.7 Å². The number of aliphatic hydroxyl groups is 1. The predicted molar refractivity (Wildman–Crippen MR) is 76.0 cm³/mol. The number of amides is 1. The molecule has 1 aromatic carbocycles. The Morgan fingerprint density at radius 2 is 2.11 bits per heavy atom. The van der Waals surface area contributed by atoms with Gasteiger partial charge in [-0.05, 0) is 25.5 Å². The molecule has 0 aliphatic carbocycles. The van der Waals surface area contributed by atoms with Crippen molar-refractivity contribution in [2.24, 2.45) is 0 Å². The lowest BCUT2D eigenvalue weighted by Gasteiger charge is -2.18. The van der Waals surface area contributed by atoms with Gasteiger partial charge in [-0.15, -0.1) is 0 Å². The van der Waals surface area contributed by atoms with Gasteiger partial charge in [0.25, 0.3) is 0 Å². The van der Waals surface area contributed by atoms with Crippen molar-refractivity contribution in [2.75, 3.05) is 26.8 Å². The first kappa shape index (κ1) is 15.2. The van der Waals surface area contributed by atoms with Crippen LogP contribution in [0.4, 0.5) is 0 Å². The van der Waals surface area contributed by atoms with Crippen molar-refractivity contribution in [3.8, 4) is 5.75 Å². The summed E-state index contributed by atoms with van der Waals surface area (Å²) in [5.74, 6) is 0.647. The lowest BCUT2D eigenvalue weighted by Crippen LogP contribution is -2.32. The van der Waals surface area contributed by atoms with Crippen molar-refractivity contribution >= 4 is 11.5 Å². The Balaban J connectivity index is 2.94. The molecule has 0 spiro atoms. The third-order valence-electron chi connectivity index (χ3n) is 2.94. The summed E-state index contributed by atoms with van der Waals surface area (Å²) in [5.41, 5.74) is 1.75. The Morgan fingerprint density at radius 3 is 2.68 bits per heavy atom. The quantitative estimate of drug-likeness (QED) is 0.798. The minimum absolute atomic E-state index is 0.0267. The zero-order chi connectivity index (χ0) is 14.3. The average Bonchev–Trinajstić information content (AvgIpc) is 2.44. The highest BCUT2D eigenvalue weighted by atomic mass is 16.5. The van der Waals surface area contributed by atoms with Crippen LogP contribution in [0.1, 0.15) is 19.4 Å². The highest BCUT2D eigenvalue weighted by Crippen LogP contribution is 2.25. The summed E-state index contributed by atoms with van der Waals surface area (Å²) in [4.78, 5) is 13.6. The van der Waals surface area contributed by atoms with E-state index in [1.807, 2.05) is 38.1 Å². The highest BCUT2D eigenvalue weighted by molar-refractivity contribution is 5.95. The topological polar surface area (TPSA) is 49.8 Å². The molecule has 1 rings (SSSR count). The third-order valence-corrected chi connectivity index (χ3v) is 2.94. The summed E-state index contributed by atoms with van der Waals surface area (Å²) in [6, 6.07) is 7.58. The van der Waals surface area contributed by atoms with E-state index in [9.17, 15) is 4.79 Å². The fourth-order valence-corrected chi connectivity index (χ4v) is 1.87. The molecule has 0 aromatic heterocycles. The second-order valence-electron chi connectivity index (χ2n) is 4.17. The summed E-state index contributed by atoms with van der Waals surface area (Å²) < 4.78 is 5.28. The molecule has 0 aliphatic heterocycles. The summed E-state index contributed by atoms with van der Waals surface area (Å²) >= 11 is 0. The van der Waals surface area contributed by atoms with Gasteiger partial charge < -0.3 is 14.7 Å². The molecule has 104 valence electrons. The van der Waals surface area contributed by atoms with Crippen LogP contribution in [0.15, 0.2) is 30.3 Å². The van der Waals surface area contributed by atoms with Crippen LogP contribution in [-0.2, 0) is 4.79 Å². The van der Waals surface area contributed by atoms with E-state index in [0.717, 1.165) is 16.9 Å². The minimum atomic E-state index is -0.0973. The van der Waals surface area contributed by atoms with Crippen molar-refractivity contribution in [3.63, 3.8) is 0 Å². The number of aliphatic hydroxyl groups excluding tert-OH is 1. The molecular weight excluding hydrogens is 242 g/mol. The van der Waals surface area contributed by atoms with E-state index in [1.165, 1.54) is 0 Å². The number of hydrogen-bond donors (Lipinski definition) is 1. The van der Waals surface area contributed by atoms with Crippen LogP contribution in [0, 0.1) is 0 Å². The third kappa shape index (κ3) is 4.10. The summed E-state index contributed by atoms with van der Waals surface area (Å²) in [7, 11) is 1.61. The van der Waals surface area contributed by atoms with Crippen LogP contribution in [0.5, 0.6) is 5.75 Å². The maximum atomic E-state index is 12.0. The smallest absolute Gasteiger partial charge is 0.246 e. The Morgan fingerprint density at radius 1 is 1.42 bits per heavy atom. The zero-order valence-corrected chi connectivity index (χ0v) is 11.7. The average molecular weight is 263 g/mol.